The first kappa shape index (κ1) is 21.1. The number of fused-ring (bicyclic) bond motifs is 1. The maximum absolute atomic E-state index is 11.9. The van der Waals surface area contributed by atoms with Crippen LogP contribution in [0.4, 0.5) is 5.69 Å². The van der Waals surface area contributed by atoms with Gasteiger partial charge in [-0.15, -0.1) is 0 Å². The Bertz CT molecular complexity index is 1080. The van der Waals surface area contributed by atoms with Gasteiger partial charge < -0.3 is 19.2 Å². The maximum atomic E-state index is 11.9. The van der Waals surface area contributed by atoms with Gasteiger partial charge in [0.25, 0.3) is 0 Å². The lowest BCUT2D eigenvalue weighted by atomic mass is 9.98. The second-order valence-corrected chi connectivity index (χ2v) is 6.83. The lowest BCUT2D eigenvalue weighted by molar-refractivity contribution is -0.138. The summed E-state index contributed by atoms with van der Waals surface area (Å²) in [6.45, 7) is 4.34. The molecule has 1 heterocycles. The van der Waals surface area contributed by atoms with Crippen molar-refractivity contribution in [3.05, 3.63) is 59.8 Å². The lowest BCUT2D eigenvalue weighted by Crippen LogP contribution is -2.15. The molecule has 0 aliphatic carbocycles. The van der Waals surface area contributed by atoms with Crippen LogP contribution in [-0.2, 0) is 19.1 Å². The van der Waals surface area contributed by atoms with E-state index in [4.69, 9.17) is 4.42 Å². The number of nitrogens with zero attached hydrogens (tertiary/aromatic N) is 1. The van der Waals surface area contributed by atoms with Crippen LogP contribution in [0.25, 0.3) is 22.6 Å². The summed E-state index contributed by atoms with van der Waals surface area (Å²) in [4.78, 5) is 28.0. The molecule has 0 saturated heterocycles. The van der Waals surface area contributed by atoms with E-state index in [2.05, 4.69) is 45.8 Å². The van der Waals surface area contributed by atoms with E-state index in [0.29, 0.717) is 17.5 Å². The highest BCUT2D eigenvalue weighted by Gasteiger charge is 2.14. The minimum atomic E-state index is -0.680. The van der Waals surface area contributed by atoms with Gasteiger partial charge in [-0.05, 0) is 54.3 Å². The van der Waals surface area contributed by atoms with Gasteiger partial charge >= 0.3 is 11.9 Å². The predicted molar refractivity (Wildman–Crippen MR) is 114 cm³/mol. The second-order valence-electron chi connectivity index (χ2n) is 6.83. The number of benzene rings is 2. The number of methoxy groups -OCH3 is 2. The highest BCUT2D eigenvalue weighted by molar-refractivity contribution is 5.98. The summed E-state index contributed by atoms with van der Waals surface area (Å²) >= 11 is 0. The van der Waals surface area contributed by atoms with Crippen molar-refractivity contribution < 1.29 is 23.5 Å². The van der Waals surface area contributed by atoms with Crippen LogP contribution in [0.2, 0.25) is 0 Å². The standard InChI is InChI=1S/C23H24N2O5/c1-5-14(2)16-8-11-20-18(12-16)25-22(30-20)15-6-9-17(10-7-15)24-19(23(27)29-4)13-21(26)28-3/h6-14,24H,5H2,1-4H3/b19-13+. The highest BCUT2D eigenvalue weighted by Crippen LogP contribution is 2.28. The van der Waals surface area contributed by atoms with E-state index in [-0.39, 0.29) is 5.70 Å². The van der Waals surface area contributed by atoms with Gasteiger partial charge in [0.2, 0.25) is 5.89 Å². The molecule has 3 rings (SSSR count). The van der Waals surface area contributed by atoms with E-state index >= 15 is 0 Å². The minimum Gasteiger partial charge on any atom is -0.466 e. The van der Waals surface area contributed by atoms with Crippen LogP contribution in [0.1, 0.15) is 31.7 Å². The van der Waals surface area contributed by atoms with Gasteiger partial charge in [0.1, 0.15) is 11.2 Å². The smallest absolute Gasteiger partial charge is 0.354 e. The van der Waals surface area contributed by atoms with Gasteiger partial charge in [-0.1, -0.05) is 19.9 Å². The third-order valence-corrected chi connectivity index (χ3v) is 4.87. The average molecular weight is 408 g/mol. The van der Waals surface area contributed by atoms with Crippen LogP contribution >= 0.6 is 0 Å². The molecule has 1 N–H and O–H groups in total. The van der Waals surface area contributed by atoms with E-state index in [0.717, 1.165) is 29.2 Å². The van der Waals surface area contributed by atoms with Crippen molar-refractivity contribution in [1.29, 1.82) is 0 Å². The molecule has 0 amide bonds. The number of anilines is 1. The van der Waals surface area contributed by atoms with Crippen LogP contribution in [0.15, 0.2) is 58.7 Å². The van der Waals surface area contributed by atoms with Gasteiger partial charge in [-0.3, -0.25) is 0 Å². The van der Waals surface area contributed by atoms with Crippen molar-refractivity contribution in [2.45, 2.75) is 26.2 Å². The van der Waals surface area contributed by atoms with Crippen molar-refractivity contribution in [3.63, 3.8) is 0 Å². The molecule has 3 aromatic rings. The number of esters is 2. The molecule has 1 aromatic heterocycles. The molecule has 7 heteroatoms. The monoisotopic (exact) mass is 408 g/mol. The molecule has 0 aliphatic heterocycles. The maximum Gasteiger partial charge on any atom is 0.354 e. The summed E-state index contributed by atoms with van der Waals surface area (Å²) in [5.74, 6) is -0.374. The zero-order valence-corrected chi connectivity index (χ0v) is 17.4. The largest absolute Gasteiger partial charge is 0.466 e. The molecule has 0 spiro atoms. The molecule has 1 unspecified atom stereocenters. The first-order valence-electron chi connectivity index (χ1n) is 9.61. The Morgan fingerprint density at radius 2 is 1.87 bits per heavy atom. The fraction of sp³-hybridized carbons (Fsp3) is 0.261. The number of carbonyl (C=O) groups excluding carboxylic acids is 2. The summed E-state index contributed by atoms with van der Waals surface area (Å²) in [7, 11) is 2.47. The van der Waals surface area contributed by atoms with E-state index in [1.807, 2.05) is 18.2 Å². The fourth-order valence-electron chi connectivity index (χ4n) is 2.89. The van der Waals surface area contributed by atoms with Crippen LogP contribution in [0, 0.1) is 0 Å². The highest BCUT2D eigenvalue weighted by atomic mass is 16.5. The molecular weight excluding hydrogens is 384 g/mol. The van der Waals surface area contributed by atoms with Crippen LogP contribution < -0.4 is 5.32 Å². The average Bonchev–Trinajstić information content (AvgIpc) is 3.21. The van der Waals surface area contributed by atoms with Gasteiger partial charge in [0, 0.05) is 11.3 Å². The summed E-state index contributed by atoms with van der Waals surface area (Å²) < 4.78 is 15.1. The quantitative estimate of drug-likeness (QED) is 0.449. The number of carbonyl (C=O) groups is 2. The number of aromatic nitrogens is 1. The number of hydrogen-bond donors (Lipinski definition) is 1. The Kier molecular flexibility index (Phi) is 6.51. The van der Waals surface area contributed by atoms with Crippen molar-refractivity contribution in [1.82, 2.24) is 4.98 Å². The Hall–Kier alpha value is -3.61. The summed E-state index contributed by atoms with van der Waals surface area (Å²) in [5, 5.41) is 2.86. The number of ether oxygens (including phenoxy) is 2. The third-order valence-electron chi connectivity index (χ3n) is 4.87. The van der Waals surface area contributed by atoms with E-state index in [1.165, 1.54) is 19.8 Å². The molecule has 7 nitrogen and oxygen atoms in total. The lowest BCUT2D eigenvalue weighted by Gasteiger charge is -2.09. The molecule has 30 heavy (non-hydrogen) atoms. The first-order valence-corrected chi connectivity index (χ1v) is 9.61. The molecule has 0 bridgehead atoms. The summed E-state index contributed by atoms with van der Waals surface area (Å²) in [6, 6.07) is 13.2. The summed E-state index contributed by atoms with van der Waals surface area (Å²) in [6.07, 6.45) is 2.10. The molecule has 2 aromatic carbocycles. The molecule has 0 aliphatic rings. The Morgan fingerprint density at radius 1 is 1.13 bits per heavy atom. The number of rotatable bonds is 7. The fourth-order valence-corrected chi connectivity index (χ4v) is 2.89. The number of oxazole rings is 1. The van der Waals surface area contributed by atoms with Crippen molar-refractivity contribution in [2.75, 3.05) is 19.5 Å². The normalized spacial score (nSPS) is 12.5. The van der Waals surface area contributed by atoms with Crippen LogP contribution in [-0.4, -0.2) is 31.1 Å². The Labute approximate surface area is 174 Å². The van der Waals surface area contributed by atoms with Gasteiger partial charge in [-0.2, -0.15) is 0 Å². The molecular formula is C23H24N2O5. The molecule has 1 atom stereocenters. The van der Waals surface area contributed by atoms with Crippen LogP contribution in [0.3, 0.4) is 0 Å². The SMILES string of the molecule is CCC(C)c1ccc2oc(-c3ccc(N/C(=C/C(=O)OC)C(=O)OC)cc3)nc2c1. The Morgan fingerprint density at radius 3 is 2.50 bits per heavy atom. The van der Waals surface area contributed by atoms with Gasteiger partial charge in [0.15, 0.2) is 5.58 Å². The zero-order chi connectivity index (χ0) is 21.7. The minimum absolute atomic E-state index is 0.0310. The second kappa shape index (κ2) is 9.26. The number of nitrogens with one attached hydrogen (secondary N) is 1. The third kappa shape index (κ3) is 4.68. The van der Waals surface area contributed by atoms with Crippen LogP contribution in [0.5, 0.6) is 0 Å². The van der Waals surface area contributed by atoms with Gasteiger partial charge in [0.05, 0.1) is 20.3 Å². The van der Waals surface area contributed by atoms with Crippen molar-refractivity contribution >= 4 is 28.7 Å². The zero-order valence-electron chi connectivity index (χ0n) is 17.4. The molecule has 0 saturated carbocycles. The van der Waals surface area contributed by atoms with E-state index < -0.39 is 11.9 Å². The van der Waals surface area contributed by atoms with E-state index in [9.17, 15) is 9.59 Å². The molecule has 0 radical (unpaired) electrons. The van der Waals surface area contributed by atoms with Gasteiger partial charge in [-0.25, -0.2) is 14.6 Å². The summed E-state index contributed by atoms with van der Waals surface area (Å²) in [5.41, 5.74) is 4.13. The number of hydrogen-bond acceptors (Lipinski definition) is 7. The van der Waals surface area contributed by atoms with Crippen molar-refractivity contribution in [2.24, 2.45) is 0 Å². The van der Waals surface area contributed by atoms with E-state index in [1.54, 1.807) is 12.1 Å². The molecule has 0 fully saturated rings. The first-order chi connectivity index (χ1) is 14.4. The predicted octanol–water partition coefficient (Wildman–Crippen LogP) is 4.65. The topological polar surface area (TPSA) is 90.7 Å². The Balaban J connectivity index is 1.83. The molecule has 156 valence electrons. The van der Waals surface area contributed by atoms with Crippen molar-refractivity contribution in [3.8, 4) is 11.5 Å².